The SMILES string of the molecule is Cc1cccc(-c2nccc(Nc3ccnc(Nc4cncc(CN5CC(C(=O)O[C@@H]6CCNC6)C5)c4)n3)n2)n1. The van der Waals surface area contributed by atoms with E-state index in [-0.39, 0.29) is 18.0 Å². The van der Waals surface area contributed by atoms with Crippen LogP contribution in [-0.2, 0) is 16.1 Å². The first-order valence-electron chi connectivity index (χ1n) is 13.3. The molecule has 12 heteroatoms. The Balaban J connectivity index is 1.04. The molecular weight excluding hydrogens is 508 g/mol. The molecule has 0 amide bonds. The van der Waals surface area contributed by atoms with Crippen molar-refractivity contribution in [2.24, 2.45) is 5.92 Å². The average Bonchev–Trinajstić information content (AvgIpc) is 3.44. The normalized spacial score (nSPS) is 17.3. The van der Waals surface area contributed by atoms with Crippen molar-refractivity contribution in [1.29, 1.82) is 0 Å². The van der Waals surface area contributed by atoms with Gasteiger partial charge in [-0.1, -0.05) is 6.07 Å². The molecule has 2 aliphatic rings. The summed E-state index contributed by atoms with van der Waals surface area (Å²) in [6.07, 6.45) is 7.81. The van der Waals surface area contributed by atoms with E-state index in [0.29, 0.717) is 48.7 Å². The number of anilines is 4. The van der Waals surface area contributed by atoms with E-state index < -0.39 is 0 Å². The Morgan fingerprint density at radius 2 is 1.90 bits per heavy atom. The molecule has 2 saturated heterocycles. The Labute approximate surface area is 231 Å². The van der Waals surface area contributed by atoms with Gasteiger partial charge in [0.2, 0.25) is 5.95 Å². The van der Waals surface area contributed by atoms with Gasteiger partial charge in [-0.15, -0.1) is 0 Å². The van der Waals surface area contributed by atoms with Gasteiger partial charge in [-0.25, -0.2) is 19.9 Å². The van der Waals surface area contributed by atoms with Crippen LogP contribution < -0.4 is 16.0 Å². The second-order valence-corrected chi connectivity index (χ2v) is 9.97. The molecule has 204 valence electrons. The number of nitrogens with one attached hydrogen (secondary N) is 3. The van der Waals surface area contributed by atoms with Crippen molar-refractivity contribution in [3.8, 4) is 11.5 Å². The lowest BCUT2D eigenvalue weighted by Gasteiger charge is -2.38. The zero-order valence-corrected chi connectivity index (χ0v) is 22.1. The van der Waals surface area contributed by atoms with Gasteiger partial charge in [0.05, 0.1) is 17.8 Å². The molecule has 0 aliphatic carbocycles. The monoisotopic (exact) mass is 538 g/mol. The molecule has 0 spiro atoms. The first kappa shape index (κ1) is 25.7. The average molecular weight is 539 g/mol. The molecule has 2 fully saturated rings. The summed E-state index contributed by atoms with van der Waals surface area (Å²) in [6, 6.07) is 11.3. The molecule has 0 bridgehead atoms. The van der Waals surface area contributed by atoms with Crippen molar-refractivity contribution in [3.63, 3.8) is 0 Å². The minimum absolute atomic E-state index is 0.0128. The second-order valence-electron chi connectivity index (χ2n) is 9.97. The maximum Gasteiger partial charge on any atom is 0.311 e. The van der Waals surface area contributed by atoms with E-state index >= 15 is 0 Å². The highest BCUT2D eigenvalue weighted by atomic mass is 16.5. The number of aromatic nitrogens is 6. The van der Waals surface area contributed by atoms with Crippen LogP contribution in [0.15, 0.2) is 61.2 Å². The van der Waals surface area contributed by atoms with Crippen LogP contribution in [0, 0.1) is 12.8 Å². The Morgan fingerprint density at radius 1 is 1.05 bits per heavy atom. The summed E-state index contributed by atoms with van der Waals surface area (Å²) in [5.74, 6) is 1.98. The summed E-state index contributed by atoms with van der Waals surface area (Å²) >= 11 is 0. The third-order valence-corrected chi connectivity index (χ3v) is 6.73. The number of carbonyl (C=O) groups excluding carboxylic acids is 1. The molecule has 4 aromatic heterocycles. The van der Waals surface area contributed by atoms with Crippen LogP contribution in [0.4, 0.5) is 23.3 Å². The molecule has 12 nitrogen and oxygen atoms in total. The lowest BCUT2D eigenvalue weighted by molar-refractivity contribution is -0.159. The number of ether oxygens (including phenoxy) is 1. The second kappa shape index (κ2) is 11.7. The van der Waals surface area contributed by atoms with Crippen molar-refractivity contribution in [1.82, 2.24) is 40.1 Å². The predicted octanol–water partition coefficient (Wildman–Crippen LogP) is 2.86. The van der Waals surface area contributed by atoms with Crippen molar-refractivity contribution >= 4 is 29.2 Å². The molecule has 0 unspecified atom stereocenters. The summed E-state index contributed by atoms with van der Waals surface area (Å²) in [5.41, 5.74) is 3.41. The highest BCUT2D eigenvalue weighted by molar-refractivity contribution is 5.74. The van der Waals surface area contributed by atoms with Gasteiger partial charge < -0.3 is 20.7 Å². The third-order valence-electron chi connectivity index (χ3n) is 6.73. The van der Waals surface area contributed by atoms with Crippen LogP contribution in [0.3, 0.4) is 0 Å². The molecule has 6 heterocycles. The van der Waals surface area contributed by atoms with Crippen molar-refractivity contribution in [3.05, 3.63) is 72.4 Å². The summed E-state index contributed by atoms with van der Waals surface area (Å²) in [5, 5.41) is 9.65. The Kier molecular flexibility index (Phi) is 7.51. The van der Waals surface area contributed by atoms with Crippen molar-refractivity contribution in [2.45, 2.75) is 26.0 Å². The summed E-state index contributed by atoms with van der Waals surface area (Å²) < 4.78 is 5.60. The van der Waals surface area contributed by atoms with Gasteiger partial charge in [-0.05, 0) is 55.8 Å². The fraction of sp³-hybridized carbons (Fsp3) is 0.321. The zero-order chi connectivity index (χ0) is 27.3. The molecular formula is C28H30N10O2. The van der Waals surface area contributed by atoms with E-state index in [4.69, 9.17) is 4.74 Å². The fourth-order valence-electron chi connectivity index (χ4n) is 4.71. The molecule has 0 radical (unpaired) electrons. The van der Waals surface area contributed by atoms with E-state index in [2.05, 4.69) is 50.8 Å². The van der Waals surface area contributed by atoms with Gasteiger partial charge in [-0.3, -0.25) is 14.7 Å². The van der Waals surface area contributed by atoms with Crippen LogP contribution in [0.25, 0.3) is 11.5 Å². The van der Waals surface area contributed by atoms with Crippen LogP contribution in [-0.4, -0.2) is 73.1 Å². The predicted molar refractivity (Wildman–Crippen MR) is 149 cm³/mol. The Morgan fingerprint density at radius 3 is 2.73 bits per heavy atom. The number of hydrogen-bond acceptors (Lipinski definition) is 12. The largest absolute Gasteiger partial charge is 0.461 e. The number of aryl methyl sites for hydroxylation is 1. The first-order valence-corrected chi connectivity index (χ1v) is 13.3. The Bertz CT molecular complexity index is 1490. The van der Waals surface area contributed by atoms with Crippen molar-refractivity contribution in [2.75, 3.05) is 36.8 Å². The number of likely N-dealkylation sites (tertiary alicyclic amines) is 1. The van der Waals surface area contributed by atoms with E-state index in [1.54, 1.807) is 30.7 Å². The number of esters is 1. The topological polar surface area (TPSA) is 143 Å². The molecule has 0 aromatic carbocycles. The smallest absolute Gasteiger partial charge is 0.311 e. The number of hydrogen-bond donors (Lipinski definition) is 3. The maximum absolute atomic E-state index is 12.3. The standard InChI is InChI=1S/C28H30N10O2/c1-18-3-2-4-23(33-18)26-31-9-6-24(36-26)35-25-7-10-32-28(37-25)34-21-11-19(12-30-13-21)15-38-16-20(17-38)27(39)40-22-5-8-29-14-22/h2-4,6-7,9-13,20,22,29H,5,8,14-17H2,1H3,(H2,31,32,34,35,36,37)/t22-/m1/s1. The number of rotatable bonds is 9. The minimum atomic E-state index is -0.0887. The highest BCUT2D eigenvalue weighted by Crippen LogP contribution is 2.23. The minimum Gasteiger partial charge on any atom is -0.461 e. The summed E-state index contributed by atoms with van der Waals surface area (Å²) in [6.45, 7) is 5.68. The number of pyridine rings is 2. The van der Waals surface area contributed by atoms with Gasteiger partial charge >= 0.3 is 5.97 Å². The van der Waals surface area contributed by atoms with Gasteiger partial charge in [0.15, 0.2) is 5.82 Å². The van der Waals surface area contributed by atoms with E-state index in [1.165, 1.54) is 0 Å². The fourth-order valence-corrected chi connectivity index (χ4v) is 4.71. The van der Waals surface area contributed by atoms with E-state index in [1.807, 2.05) is 37.4 Å². The van der Waals surface area contributed by atoms with Crippen molar-refractivity contribution < 1.29 is 9.53 Å². The molecule has 0 saturated carbocycles. The van der Waals surface area contributed by atoms with Gasteiger partial charge in [-0.2, -0.15) is 4.98 Å². The Hall–Kier alpha value is -4.55. The van der Waals surface area contributed by atoms with Crippen LogP contribution in [0.2, 0.25) is 0 Å². The van der Waals surface area contributed by atoms with Gasteiger partial charge in [0.25, 0.3) is 0 Å². The van der Waals surface area contributed by atoms with E-state index in [0.717, 1.165) is 36.5 Å². The molecule has 40 heavy (non-hydrogen) atoms. The molecule has 2 aliphatic heterocycles. The molecule has 4 aromatic rings. The summed E-state index contributed by atoms with van der Waals surface area (Å²) in [4.78, 5) is 41.2. The number of nitrogens with zero attached hydrogens (tertiary/aromatic N) is 7. The van der Waals surface area contributed by atoms with Gasteiger partial charge in [0.1, 0.15) is 23.4 Å². The van der Waals surface area contributed by atoms with Crippen LogP contribution in [0.1, 0.15) is 17.7 Å². The van der Waals surface area contributed by atoms with Crippen LogP contribution in [0.5, 0.6) is 0 Å². The van der Waals surface area contributed by atoms with E-state index in [9.17, 15) is 4.79 Å². The molecule has 6 rings (SSSR count). The van der Waals surface area contributed by atoms with Crippen LogP contribution >= 0.6 is 0 Å². The lowest BCUT2D eigenvalue weighted by Crippen LogP contribution is -2.50. The summed E-state index contributed by atoms with van der Waals surface area (Å²) in [7, 11) is 0. The lowest BCUT2D eigenvalue weighted by atomic mass is 9.99. The zero-order valence-electron chi connectivity index (χ0n) is 22.1. The maximum atomic E-state index is 12.3. The third kappa shape index (κ3) is 6.35. The first-order chi connectivity index (χ1) is 19.6. The highest BCUT2D eigenvalue weighted by Gasteiger charge is 2.35. The number of carbonyl (C=O) groups is 1. The van der Waals surface area contributed by atoms with Gasteiger partial charge in [0, 0.05) is 50.5 Å². The quantitative estimate of drug-likeness (QED) is 0.270. The molecule has 1 atom stereocenters. The molecule has 3 N–H and O–H groups in total.